The molecule has 5 heteroatoms. The maximum Gasteiger partial charge on any atom is 0.270 e. The minimum absolute atomic E-state index is 0.0672. The van der Waals surface area contributed by atoms with Gasteiger partial charge in [-0.25, -0.2) is 0 Å². The second-order valence-corrected chi connectivity index (χ2v) is 6.40. The summed E-state index contributed by atoms with van der Waals surface area (Å²) in [5.41, 5.74) is 0.723. The lowest BCUT2D eigenvalue weighted by atomic mass is 9.99. The van der Waals surface area contributed by atoms with Crippen LogP contribution in [0.3, 0.4) is 0 Å². The Morgan fingerprint density at radius 2 is 2.32 bits per heavy atom. The number of amides is 1. The van der Waals surface area contributed by atoms with Crippen LogP contribution in [-0.2, 0) is 0 Å². The molecular formula is C14H21BrN2O2. The number of carbonyl (C=O) groups is 1. The third-order valence-electron chi connectivity index (χ3n) is 3.66. The Morgan fingerprint density at radius 3 is 2.95 bits per heavy atom. The average molecular weight is 329 g/mol. The van der Waals surface area contributed by atoms with Gasteiger partial charge in [0, 0.05) is 36.4 Å². The number of hydrogen-bond acceptors (Lipinski definition) is 2. The number of carbonyl (C=O) groups excluding carboxylic acids is 1. The zero-order valence-corrected chi connectivity index (χ0v) is 13.1. The summed E-state index contributed by atoms with van der Waals surface area (Å²) in [5, 5.41) is 9.26. The van der Waals surface area contributed by atoms with Crippen molar-refractivity contribution >= 4 is 21.8 Å². The number of halogens is 1. The van der Waals surface area contributed by atoms with Gasteiger partial charge in [-0.05, 0) is 54.6 Å². The minimum atomic E-state index is 0.0672. The summed E-state index contributed by atoms with van der Waals surface area (Å²) in [4.78, 5) is 14.5. The Labute approximate surface area is 122 Å². The largest absolute Gasteiger partial charge is 0.396 e. The van der Waals surface area contributed by atoms with E-state index >= 15 is 0 Å². The van der Waals surface area contributed by atoms with Gasteiger partial charge in [0.15, 0.2) is 0 Å². The summed E-state index contributed by atoms with van der Waals surface area (Å²) in [6.07, 6.45) is 3.93. The van der Waals surface area contributed by atoms with Crippen molar-refractivity contribution in [2.75, 3.05) is 19.7 Å². The molecule has 1 aromatic rings. The number of hydrogen-bond donors (Lipinski definition) is 1. The third kappa shape index (κ3) is 3.20. The highest BCUT2D eigenvalue weighted by atomic mass is 79.9. The molecule has 106 valence electrons. The highest BCUT2D eigenvalue weighted by molar-refractivity contribution is 9.10. The van der Waals surface area contributed by atoms with Crippen LogP contribution in [0.5, 0.6) is 0 Å². The fourth-order valence-corrected chi connectivity index (χ4v) is 3.04. The van der Waals surface area contributed by atoms with Crippen molar-refractivity contribution in [1.82, 2.24) is 9.47 Å². The molecule has 2 heterocycles. The standard InChI is InChI=1S/C14H21BrN2O2/c1-10(2)17-8-12(15)6-13(17)14(19)16-5-3-4-11(7-16)9-18/h6,8,10-11,18H,3-5,7,9H2,1-2H3. The smallest absolute Gasteiger partial charge is 0.270 e. The van der Waals surface area contributed by atoms with Crippen LogP contribution in [0.25, 0.3) is 0 Å². The summed E-state index contributed by atoms with van der Waals surface area (Å²) in [6.45, 7) is 5.75. The zero-order valence-electron chi connectivity index (χ0n) is 11.5. The lowest BCUT2D eigenvalue weighted by molar-refractivity contribution is 0.0608. The van der Waals surface area contributed by atoms with Crippen molar-refractivity contribution in [2.45, 2.75) is 32.7 Å². The zero-order chi connectivity index (χ0) is 14.0. The van der Waals surface area contributed by atoms with Gasteiger partial charge in [0.2, 0.25) is 0 Å². The molecule has 1 fully saturated rings. The van der Waals surface area contributed by atoms with Crippen LogP contribution >= 0.6 is 15.9 Å². The maximum atomic E-state index is 12.6. The van der Waals surface area contributed by atoms with E-state index in [1.165, 1.54) is 0 Å². The summed E-state index contributed by atoms with van der Waals surface area (Å²) in [6, 6.07) is 2.13. The van der Waals surface area contributed by atoms with Crippen molar-refractivity contribution in [3.63, 3.8) is 0 Å². The number of aliphatic hydroxyl groups excluding tert-OH is 1. The quantitative estimate of drug-likeness (QED) is 0.927. The van der Waals surface area contributed by atoms with E-state index in [1.54, 1.807) is 0 Å². The normalized spacial score (nSPS) is 20.1. The Balaban J connectivity index is 2.19. The van der Waals surface area contributed by atoms with Crippen LogP contribution < -0.4 is 0 Å². The lowest BCUT2D eigenvalue weighted by Crippen LogP contribution is -2.41. The molecule has 1 aromatic heterocycles. The van der Waals surface area contributed by atoms with E-state index in [9.17, 15) is 9.90 Å². The molecule has 1 N–H and O–H groups in total. The predicted molar refractivity (Wildman–Crippen MR) is 78.2 cm³/mol. The van der Waals surface area contributed by atoms with E-state index < -0.39 is 0 Å². The summed E-state index contributed by atoms with van der Waals surface area (Å²) in [7, 11) is 0. The molecule has 0 aromatic carbocycles. The van der Waals surface area contributed by atoms with Gasteiger partial charge in [0.05, 0.1) is 0 Å². The average Bonchev–Trinajstić information content (AvgIpc) is 2.80. The first kappa shape index (κ1) is 14.6. The van der Waals surface area contributed by atoms with Crippen LogP contribution in [0.15, 0.2) is 16.7 Å². The second-order valence-electron chi connectivity index (χ2n) is 5.49. The molecule has 1 aliphatic heterocycles. The number of piperidine rings is 1. The fraction of sp³-hybridized carbons (Fsp3) is 0.643. The van der Waals surface area contributed by atoms with E-state index in [0.29, 0.717) is 6.54 Å². The van der Waals surface area contributed by atoms with Crippen molar-refractivity contribution in [1.29, 1.82) is 0 Å². The van der Waals surface area contributed by atoms with Crippen molar-refractivity contribution in [3.8, 4) is 0 Å². The van der Waals surface area contributed by atoms with Gasteiger partial charge in [-0.2, -0.15) is 0 Å². The molecule has 0 aliphatic carbocycles. The molecule has 0 saturated carbocycles. The SMILES string of the molecule is CC(C)n1cc(Br)cc1C(=O)N1CCCC(CO)C1. The lowest BCUT2D eigenvalue weighted by Gasteiger charge is -2.32. The van der Waals surface area contributed by atoms with Crippen LogP contribution in [0, 0.1) is 5.92 Å². The maximum absolute atomic E-state index is 12.6. The number of aromatic nitrogens is 1. The Kier molecular flexibility index (Phi) is 4.68. The van der Waals surface area contributed by atoms with Crippen LogP contribution in [-0.4, -0.2) is 40.2 Å². The van der Waals surface area contributed by atoms with Gasteiger partial charge in [-0.15, -0.1) is 0 Å². The van der Waals surface area contributed by atoms with Gasteiger partial charge in [0.1, 0.15) is 5.69 Å². The third-order valence-corrected chi connectivity index (χ3v) is 4.09. The molecule has 1 unspecified atom stereocenters. The van der Waals surface area contributed by atoms with Crippen molar-refractivity contribution < 1.29 is 9.90 Å². The summed E-state index contributed by atoms with van der Waals surface area (Å²) >= 11 is 3.44. The van der Waals surface area contributed by atoms with Gasteiger partial charge >= 0.3 is 0 Å². The second kappa shape index (κ2) is 6.09. The highest BCUT2D eigenvalue weighted by Crippen LogP contribution is 2.23. The van der Waals surface area contributed by atoms with Gasteiger partial charge in [-0.1, -0.05) is 0 Å². The summed E-state index contributed by atoms with van der Waals surface area (Å²) < 4.78 is 2.93. The number of nitrogens with zero attached hydrogens (tertiary/aromatic N) is 2. The number of rotatable bonds is 3. The van der Waals surface area contributed by atoms with E-state index in [2.05, 4.69) is 29.8 Å². The topological polar surface area (TPSA) is 45.5 Å². The molecule has 0 bridgehead atoms. The monoisotopic (exact) mass is 328 g/mol. The molecule has 1 atom stereocenters. The molecule has 0 radical (unpaired) electrons. The number of likely N-dealkylation sites (tertiary alicyclic amines) is 1. The Morgan fingerprint density at radius 1 is 1.58 bits per heavy atom. The molecule has 1 saturated heterocycles. The molecule has 19 heavy (non-hydrogen) atoms. The Bertz CT molecular complexity index is 456. The van der Waals surface area contributed by atoms with E-state index in [0.717, 1.165) is 29.6 Å². The minimum Gasteiger partial charge on any atom is -0.396 e. The van der Waals surface area contributed by atoms with Gasteiger partial charge in [0.25, 0.3) is 5.91 Å². The molecule has 2 rings (SSSR count). The highest BCUT2D eigenvalue weighted by Gasteiger charge is 2.26. The fourth-order valence-electron chi connectivity index (χ4n) is 2.60. The van der Waals surface area contributed by atoms with E-state index in [-0.39, 0.29) is 24.5 Å². The number of aliphatic hydroxyl groups is 1. The van der Waals surface area contributed by atoms with E-state index in [4.69, 9.17) is 0 Å². The van der Waals surface area contributed by atoms with Crippen molar-refractivity contribution in [2.24, 2.45) is 5.92 Å². The first-order valence-corrected chi connectivity index (χ1v) is 7.59. The molecule has 4 nitrogen and oxygen atoms in total. The molecular weight excluding hydrogens is 308 g/mol. The molecule has 1 amide bonds. The van der Waals surface area contributed by atoms with E-state index in [1.807, 2.05) is 21.7 Å². The van der Waals surface area contributed by atoms with Gasteiger partial charge < -0.3 is 14.6 Å². The van der Waals surface area contributed by atoms with Crippen LogP contribution in [0.2, 0.25) is 0 Å². The van der Waals surface area contributed by atoms with Gasteiger partial charge in [-0.3, -0.25) is 4.79 Å². The van der Waals surface area contributed by atoms with Crippen LogP contribution in [0.4, 0.5) is 0 Å². The first-order chi connectivity index (χ1) is 9.02. The first-order valence-electron chi connectivity index (χ1n) is 6.80. The molecule has 0 spiro atoms. The summed E-state index contributed by atoms with van der Waals surface area (Å²) in [5.74, 6) is 0.293. The molecule has 1 aliphatic rings. The van der Waals surface area contributed by atoms with Crippen molar-refractivity contribution in [3.05, 3.63) is 22.4 Å². The van der Waals surface area contributed by atoms with Crippen LogP contribution in [0.1, 0.15) is 43.2 Å². The Hall–Kier alpha value is -0.810. The predicted octanol–water partition coefficient (Wildman–Crippen LogP) is 2.68.